The zero-order chi connectivity index (χ0) is 27.3. The highest BCUT2D eigenvalue weighted by atomic mass is 32.2. The van der Waals surface area contributed by atoms with Gasteiger partial charge in [0, 0.05) is 0 Å². The lowest BCUT2D eigenvalue weighted by atomic mass is 9.93. The van der Waals surface area contributed by atoms with Gasteiger partial charge in [0.05, 0.1) is 4.90 Å². The van der Waals surface area contributed by atoms with Crippen molar-refractivity contribution >= 4 is 10.1 Å². The molecular formula is C14H5F15O4S. The van der Waals surface area contributed by atoms with Crippen LogP contribution in [-0.4, -0.2) is 49.5 Å². The third kappa shape index (κ3) is 5.81. The van der Waals surface area contributed by atoms with Crippen LogP contribution in [0.25, 0.3) is 0 Å². The maximum Gasteiger partial charge on any atom is 0.465 e. The van der Waals surface area contributed by atoms with Gasteiger partial charge in [0.2, 0.25) is 0 Å². The molecule has 0 aliphatic heterocycles. The second-order valence-corrected chi connectivity index (χ2v) is 7.38. The molecule has 0 radical (unpaired) electrons. The quantitative estimate of drug-likeness (QED) is 0.269. The number of hydrogen-bond acceptors (Lipinski definition) is 3. The van der Waals surface area contributed by atoms with Crippen LogP contribution in [0.5, 0.6) is 5.75 Å². The summed E-state index contributed by atoms with van der Waals surface area (Å²) in [6.07, 6.45) is -30.0. The van der Waals surface area contributed by atoms with Crippen molar-refractivity contribution in [3.63, 3.8) is 0 Å². The fourth-order valence-corrected chi connectivity index (χ4v) is 2.68. The van der Waals surface area contributed by atoms with Gasteiger partial charge in [-0.3, -0.25) is 4.55 Å². The average Bonchev–Trinajstić information content (AvgIpc) is 2.54. The van der Waals surface area contributed by atoms with E-state index >= 15 is 0 Å². The van der Waals surface area contributed by atoms with Crippen LogP contribution in [0.4, 0.5) is 65.9 Å². The normalized spacial score (nSPS) is 17.2. The monoisotopic (exact) mass is 554 g/mol. The molecule has 0 saturated carbocycles. The highest BCUT2D eigenvalue weighted by Gasteiger charge is 2.76. The van der Waals surface area contributed by atoms with Crippen LogP contribution >= 0.6 is 0 Å². The Kier molecular flexibility index (Phi) is 7.31. The second-order valence-electron chi connectivity index (χ2n) is 5.96. The first-order valence-electron chi connectivity index (χ1n) is 7.53. The van der Waals surface area contributed by atoms with Crippen molar-refractivity contribution in [1.82, 2.24) is 0 Å². The van der Waals surface area contributed by atoms with Crippen LogP contribution in [0.3, 0.4) is 0 Å². The van der Waals surface area contributed by atoms with Gasteiger partial charge in [-0.2, -0.15) is 74.3 Å². The summed E-state index contributed by atoms with van der Waals surface area (Å²) in [6.45, 7) is 0. The van der Waals surface area contributed by atoms with Crippen molar-refractivity contribution in [3.8, 4) is 5.75 Å². The van der Waals surface area contributed by atoms with Crippen LogP contribution in [0.15, 0.2) is 40.3 Å². The zero-order valence-corrected chi connectivity index (χ0v) is 15.9. The molecule has 1 unspecified atom stereocenters. The van der Waals surface area contributed by atoms with E-state index in [1.807, 2.05) is 0 Å². The Hall–Kier alpha value is -2.38. The summed E-state index contributed by atoms with van der Waals surface area (Å²) in [7, 11) is -5.13. The molecule has 1 N–H and O–H groups in total. The van der Waals surface area contributed by atoms with Crippen LogP contribution in [0.2, 0.25) is 0 Å². The third-order valence-electron chi connectivity index (χ3n) is 3.55. The molecular weight excluding hydrogens is 549 g/mol. The Balaban J connectivity index is 4.12. The minimum Gasteiger partial charge on any atom is -0.447 e. The molecule has 20 heteroatoms. The topological polar surface area (TPSA) is 63.6 Å². The van der Waals surface area contributed by atoms with Gasteiger partial charge >= 0.3 is 36.5 Å². The minimum atomic E-state index is -7.73. The van der Waals surface area contributed by atoms with Crippen LogP contribution in [-0.2, 0) is 10.1 Å². The standard InChI is InChI=1S/C14H5F15O4S/c15-9(16,13(24,25)26)7(11(18,19)20)8(12(21,22)23)10(17,14(27,28)29)33-5-1-3-6(4-2-5)34(30,31)32/h1-4H,(H,30,31,32). The molecule has 0 fully saturated rings. The maximum absolute atomic E-state index is 14.7. The molecule has 0 aliphatic rings. The van der Waals surface area contributed by atoms with Gasteiger partial charge in [0.1, 0.15) is 16.9 Å². The predicted molar refractivity (Wildman–Crippen MR) is 76.9 cm³/mol. The lowest BCUT2D eigenvalue weighted by molar-refractivity contribution is -0.311. The highest BCUT2D eigenvalue weighted by Crippen LogP contribution is 2.56. The summed E-state index contributed by atoms with van der Waals surface area (Å²) >= 11 is 0. The van der Waals surface area contributed by atoms with Crippen molar-refractivity contribution in [2.45, 2.75) is 41.4 Å². The molecule has 0 spiro atoms. The summed E-state index contributed by atoms with van der Waals surface area (Å²) in [4.78, 5) is -1.22. The van der Waals surface area contributed by atoms with Gasteiger partial charge in [-0.05, 0) is 24.3 Å². The molecule has 0 bridgehead atoms. The third-order valence-corrected chi connectivity index (χ3v) is 4.42. The first-order valence-corrected chi connectivity index (χ1v) is 8.97. The van der Waals surface area contributed by atoms with Crippen molar-refractivity contribution in [2.24, 2.45) is 0 Å². The minimum absolute atomic E-state index is 0.0213. The Morgan fingerprint density at radius 1 is 0.647 bits per heavy atom. The molecule has 0 saturated heterocycles. The molecule has 196 valence electrons. The fourth-order valence-electron chi connectivity index (χ4n) is 2.20. The average molecular weight is 554 g/mol. The van der Waals surface area contributed by atoms with E-state index in [9.17, 15) is 74.3 Å². The smallest absolute Gasteiger partial charge is 0.447 e. The molecule has 1 aromatic carbocycles. The Morgan fingerprint density at radius 3 is 1.29 bits per heavy atom. The number of halogens is 15. The number of alkyl halides is 15. The molecule has 4 nitrogen and oxygen atoms in total. The van der Waals surface area contributed by atoms with Gasteiger partial charge in [-0.1, -0.05) is 0 Å². The molecule has 0 aliphatic carbocycles. The lowest BCUT2D eigenvalue weighted by Gasteiger charge is -2.35. The van der Waals surface area contributed by atoms with Gasteiger partial charge in [0.15, 0.2) is 0 Å². The largest absolute Gasteiger partial charge is 0.465 e. The molecule has 1 aromatic rings. The molecule has 1 rings (SSSR count). The first kappa shape index (κ1) is 29.7. The number of allylic oxidation sites excluding steroid dienone is 1. The van der Waals surface area contributed by atoms with Gasteiger partial charge < -0.3 is 4.74 Å². The number of hydrogen-bond donors (Lipinski definition) is 1. The molecule has 0 heterocycles. The summed E-state index contributed by atoms with van der Waals surface area (Å²) in [6, 6.07) is -0.306. The number of ether oxygens (including phenoxy) is 1. The van der Waals surface area contributed by atoms with E-state index in [-0.39, 0.29) is 24.3 Å². The number of benzene rings is 1. The summed E-state index contributed by atoms with van der Waals surface area (Å²) in [5.74, 6) is -16.7. The summed E-state index contributed by atoms with van der Waals surface area (Å²) < 4.78 is 230. The van der Waals surface area contributed by atoms with Crippen molar-refractivity contribution in [1.29, 1.82) is 0 Å². The molecule has 0 aromatic heterocycles. The van der Waals surface area contributed by atoms with E-state index < -0.39 is 68.4 Å². The van der Waals surface area contributed by atoms with Crippen molar-refractivity contribution < 1.29 is 83.6 Å². The zero-order valence-electron chi connectivity index (χ0n) is 15.1. The van der Waals surface area contributed by atoms with Gasteiger partial charge in [-0.15, -0.1) is 0 Å². The molecule has 0 amide bonds. The Labute approximate surface area is 177 Å². The SMILES string of the molecule is O=S(=O)(O)c1ccc(OC(F)(C(=C(C(F)(F)F)C(F)(F)C(F)(F)F)C(F)(F)F)C(F)(F)F)cc1. The highest BCUT2D eigenvalue weighted by molar-refractivity contribution is 7.85. The predicted octanol–water partition coefficient (Wildman–Crippen LogP) is 6.16. The van der Waals surface area contributed by atoms with Crippen molar-refractivity contribution in [2.75, 3.05) is 0 Å². The Morgan fingerprint density at radius 2 is 1.03 bits per heavy atom. The van der Waals surface area contributed by atoms with Gasteiger partial charge in [-0.25, -0.2) is 0 Å². The van der Waals surface area contributed by atoms with Crippen molar-refractivity contribution in [3.05, 3.63) is 35.4 Å². The van der Waals surface area contributed by atoms with E-state index in [0.29, 0.717) is 0 Å². The van der Waals surface area contributed by atoms with E-state index in [0.717, 1.165) is 0 Å². The van der Waals surface area contributed by atoms with E-state index in [2.05, 4.69) is 4.74 Å². The lowest BCUT2D eigenvalue weighted by Crippen LogP contribution is -2.56. The second kappa shape index (κ2) is 8.38. The van der Waals surface area contributed by atoms with Crippen LogP contribution in [0, 0.1) is 0 Å². The van der Waals surface area contributed by atoms with Gasteiger partial charge in [0.25, 0.3) is 10.1 Å². The van der Waals surface area contributed by atoms with Crippen LogP contribution < -0.4 is 4.74 Å². The van der Waals surface area contributed by atoms with E-state index in [1.54, 1.807) is 0 Å². The summed E-state index contributed by atoms with van der Waals surface area (Å²) in [5, 5.41) is 0. The first-order chi connectivity index (χ1) is 14.7. The summed E-state index contributed by atoms with van der Waals surface area (Å²) in [5.41, 5.74) is -10.4. The maximum atomic E-state index is 14.7. The number of rotatable bonds is 5. The van der Waals surface area contributed by atoms with Crippen LogP contribution in [0.1, 0.15) is 0 Å². The molecule has 1 atom stereocenters. The fraction of sp³-hybridized carbons (Fsp3) is 0.429. The van der Waals surface area contributed by atoms with E-state index in [1.165, 1.54) is 0 Å². The molecule has 34 heavy (non-hydrogen) atoms. The van der Waals surface area contributed by atoms with E-state index in [4.69, 9.17) is 4.55 Å². The Bertz CT molecular complexity index is 1030.